The van der Waals surface area contributed by atoms with Gasteiger partial charge in [0.1, 0.15) is 11.5 Å². The van der Waals surface area contributed by atoms with Crippen LogP contribution in [-0.4, -0.2) is 33.1 Å². The van der Waals surface area contributed by atoms with Crippen molar-refractivity contribution in [2.75, 3.05) is 7.11 Å². The number of hydrogen-bond acceptors (Lipinski definition) is 4. The lowest BCUT2D eigenvalue weighted by Crippen LogP contribution is -2.23. The van der Waals surface area contributed by atoms with Gasteiger partial charge in [-0.2, -0.15) is 0 Å². The Kier molecular flexibility index (Phi) is 6.44. The quantitative estimate of drug-likeness (QED) is 0.575. The summed E-state index contributed by atoms with van der Waals surface area (Å²) in [6.45, 7) is 3.87. The molecule has 6 heteroatoms. The zero-order chi connectivity index (χ0) is 21.0. The van der Waals surface area contributed by atoms with Crippen LogP contribution in [0.3, 0.4) is 0 Å². The Hall–Kier alpha value is -2.99. The van der Waals surface area contributed by atoms with Gasteiger partial charge in [0.05, 0.1) is 7.11 Å². The molecule has 0 saturated carbocycles. The van der Waals surface area contributed by atoms with Crippen molar-refractivity contribution in [3.8, 4) is 11.5 Å². The number of aliphatic hydroxyl groups is 1. The van der Waals surface area contributed by atoms with Crippen molar-refractivity contribution in [3.05, 3.63) is 76.7 Å². The molecular weight excluding hydrogens is 366 g/mol. The first-order valence-corrected chi connectivity index (χ1v) is 9.77. The van der Waals surface area contributed by atoms with E-state index < -0.39 is 6.23 Å². The molecule has 3 rings (SSSR count). The number of aromatic hydroxyl groups is 1. The monoisotopic (exact) mass is 395 g/mol. The van der Waals surface area contributed by atoms with Crippen molar-refractivity contribution in [1.82, 2.24) is 9.55 Å². The average molecular weight is 396 g/mol. The highest BCUT2D eigenvalue weighted by atomic mass is 16.5. The predicted octanol–water partition coefficient (Wildman–Crippen LogP) is 3.12. The number of aromatic nitrogens is 2. The number of rotatable bonds is 7. The van der Waals surface area contributed by atoms with Crippen molar-refractivity contribution < 1.29 is 14.9 Å². The van der Waals surface area contributed by atoms with Crippen LogP contribution in [0.4, 0.5) is 0 Å². The van der Waals surface area contributed by atoms with Gasteiger partial charge in [0.25, 0.3) is 0 Å². The SMILES string of the molecule is COc1ccc(Cc2[nH]/c(=N\C(O)C(C)C)n(C)c2Cc2ccc(O)cc2)cc1. The minimum absolute atomic E-state index is 0.0314. The fourth-order valence-electron chi connectivity index (χ4n) is 3.14. The van der Waals surface area contributed by atoms with Crippen LogP contribution in [0.2, 0.25) is 0 Å². The number of benzene rings is 2. The third kappa shape index (κ3) is 5.09. The molecule has 1 unspecified atom stereocenters. The predicted molar refractivity (Wildman–Crippen MR) is 113 cm³/mol. The van der Waals surface area contributed by atoms with Gasteiger partial charge >= 0.3 is 0 Å². The number of nitrogens with zero attached hydrogens (tertiary/aromatic N) is 2. The van der Waals surface area contributed by atoms with Gasteiger partial charge in [0.15, 0.2) is 6.23 Å². The maximum absolute atomic E-state index is 10.2. The number of phenols is 1. The molecular formula is C23H29N3O3. The topological polar surface area (TPSA) is 82.8 Å². The summed E-state index contributed by atoms with van der Waals surface area (Å²) in [5, 5.41) is 19.8. The van der Waals surface area contributed by atoms with Crippen LogP contribution in [0.5, 0.6) is 11.5 Å². The van der Waals surface area contributed by atoms with E-state index in [0.717, 1.165) is 28.3 Å². The molecule has 0 bridgehead atoms. The van der Waals surface area contributed by atoms with Gasteiger partial charge in [-0.15, -0.1) is 0 Å². The molecule has 0 spiro atoms. The lowest BCUT2D eigenvalue weighted by molar-refractivity contribution is 0.129. The summed E-state index contributed by atoms with van der Waals surface area (Å²) in [6, 6.07) is 15.2. The molecule has 3 N–H and O–H groups in total. The second kappa shape index (κ2) is 9.01. The van der Waals surface area contributed by atoms with Crippen molar-refractivity contribution in [2.24, 2.45) is 18.0 Å². The number of hydrogen-bond donors (Lipinski definition) is 3. The van der Waals surface area contributed by atoms with Gasteiger partial charge in [-0.1, -0.05) is 38.1 Å². The highest BCUT2D eigenvalue weighted by Gasteiger charge is 2.14. The molecule has 0 saturated heterocycles. The Bertz CT molecular complexity index is 999. The van der Waals surface area contributed by atoms with E-state index in [0.29, 0.717) is 18.5 Å². The molecule has 6 nitrogen and oxygen atoms in total. The van der Waals surface area contributed by atoms with E-state index >= 15 is 0 Å². The van der Waals surface area contributed by atoms with E-state index in [1.807, 2.05) is 61.9 Å². The summed E-state index contributed by atoms with van der Waals surface area (Å²) >= 11 is 0. The number of ether oxygens (including phenoxy) is 1. The Labute approximate surface area is 171 Å². The third-order valence-electron chi connectivity index (χ3n) is 5.03. The second-order valence-corrected chi connectivity index (χ2v) is 7.59. The fraction of sp³-hybridized carbons (Fsp3) is 0.348. The number of imidazole rings is 1. The minimum Gasteiger partial charge on any atom is -0.508 e. The maximum atomic E-state index is 10.2. The molecule has 1 heterocycles. The van der Waals surface area contributed by atoms with Crippen molar-refractivity contribution in [2.45, 2.75) is 32.9 Å². The highest BCUT2D eigenvalue weighted by Crippen LogP contribution is 2.19. The molecule has 0 aliphatic carbocycles. The van der Waals surface area contributed by atoms with Crippen LogP contribution in [0.25, 0.3) is 0 Å². The smallest absolute Gasteiger partial charge is 0.204 e. The van der Waals surface area contributed by atoms with Gasteiger partial charge < -0.3 is 24.5 Å². The summed E-state index contributed by atoms with van der Waals surface area (Å²) in [7, 11) is 3.61. The number of H-pyrrole nitrogens is 1. The van der Waals surface area contributed by atoms with Gasteiger partial charge in [-0.3, -0.25) is 0 Å². The molecule has 1 aromatic heterocycles. The van der Waals surface area contributed by atoms with Crippen LogP contribution in [0, 0.1) is 5.92 Å². The normalized spacial score (nSPS) is 13.1. The van der Waals surface area contributed by atoms with E-state index in [-0.39, 0.29) is 11.7 Å². The van der Waals surface area contributed by atoms with Crippen molar-refractivity contribution in [1.29, 1.82) is 0 Å². The molecule has 0 aliphatic heterocycles. The van der Waals surface area contributed by atoms with Crippen LogP contribution in [-0.2, 0) is 19.9 Å². The first kappa shape index (κ1) is 20.7. The fourth-order valence-corrected chi connectivity index (χ4v) is 3.14. The summed E-state index contributed by atoms with van der Waals surface area (Å²) in [6.07, 6.45) is 0.625. The first-order chi connectivity index (χ1) is 13.9. The third-order valence-corrected chi connectivity index (χ3v) is 5.03. The standard InChI is InChI=1S/C23H29N3O3/c1-15(2)22(28)25-23-24-20(13-16-7-11-19(29-4)12-8-16)21(26(23)3)14-17-5-9-18(27)10-6-17/h5-12,15,22,27-28H,13-14H2,1-4H3,(H,24,25). The number of aromatic amines is 1. The lowest BCUT2D eigenvalue weighted by Gasteiger charge is -2.09. The summed E-state index contributed by atoms with van der Waals surface area (Å²) in [5.41, 5.74) is 5.00. The van der Waals surface area contributed by atoms with E-state index in [2.05, 4.69) is 9.98 Å². The van der Waals surface area contributed by atoms with Crippen LogP contribution < -0.4 is 10.4 Å². The maximum Gasteiger partial charge on any atom is 0.204 e. The van der Waals surface area contributed by atoms with Gasteiger partial charge in [-0.25, -0.2) is 4.99 Å². The van der Waals surface area contributed by atoms with Gasteiger partial charge in [0.2, 0.25) is 5.62 Å². The number of aliphatic hydroxyl groups excluding tert-OH is 1. The number of nitrogens with one attached hydrogen (secondary N) is 1. The van der Waals surface area contributed by atoms with E-state index in [1.54, 1.807) is 19.2 Å². The molecule has 0 aliphatic rings. The van der Waals surface area contributed by atoms with Crippen molar-refractivity contribution in [3.63, 3.8) is 0 Å². The van der Waals surface area contributed by atoms with Crippen LogP contribution >= 0.6 is 0 Å². The van der Waals surface area contributed by atoms with E-state index in [9.17, 15) is 10.2 Å². The number of phenolic OH excluding ortho intramolecular Hbond substituents is 1. The molecule has 154 valence electrons. The zero-order valence-electron chi connectivity index (χ0n) is 17.4. The Balaban J connectivity index is 2.00. The molecule has 3 aromatic rings. The van der Waals surface area contributed by atoms with Crippen molar-refractivity contribution >= 4 is 0 Å². The zero-order valence-corrected chi connectivity index (χ0v) is 17.4. The molecule has 2 aromatic carbocycles. The minimum atomic E-state index is -0.768. The van der Waals surface area contributed by atoms with Crippen LogP contribution in [0.1, 0.15) is 36.4 Å². The summed E-state index contributed by atoms with van der Waals surface area (Å²) < 4.78 is 7.24. The average Bonchev–Trinajstić information content (AvgIpc) is 2.99. The largest absolute Gasteiger partial charge is 0.508 e. The van der Waals surface area contributed by atoms with Gasteiger partial charge in [-0.05, 0) is 41.3 Å². The van der Waals surface area contributed by atoms with E-state index in [1.165, 1.54) is 0 Å². The lowest BCUT2D eigenvalue weighted by atomic mass is 10.0. The molecule has 1 atom stereocenters. The van der Waals surface area contributed by atoms with Gasteiger partial charge in [0, 0.05) is 31.3 Å². The highest BCUT2D eigenvalue weighted by molar-refractivity contribution is 5.34. The summed E-state index contributed by atoms with van der Waals surface area (Å²) in [4.78, 5) is 7.87. The molecule has 0 amide bonds. The van der Waals surface area contributed by atoms with Crippen LogP contribution in [0.15, 0.2) is 53.5 Å². The number of methoxy groups -OCH3 is 1. The Morgan fingerprint density at radius 3 is 2.17 bits per heavy atom. The molecule has 0 fully saturated rings. The van der Waals surface area contributed by atoms with E-state index in [4.69, 9.17) is 4.74 Å². The Morgan fingerprint density at radius 1 is 1.00 bits per heavy atom. The molecule has 29 heavy (non-hydrogen) atoms. The summed E-state index contributed by atoms with van der Waals surface area (Å²) in [5.74, 6) is 1.11. The Morgan fingerprint density at radius 2 is 1.59 bits per heavy atom. The first-order valence-electron chi connectivity index (χ1n) is 9.77. The molecule has 0 radical (unpaired) electrons. The second-order valence-electron chi connectivity index (χ2n) is 7.59.